The number of benzene rings is 3. The summed E-state index contributed by atoms with van der Waals surface area (Å²) in [4.78, 5) is 5.77. The highest BCUT2D eigenvalue weighted by molar-refractivity contribution is 7.99. The van der Waals surface area contributed by atoms with Gasteiger partial charge >= 0.3 is 0 Å². The summed E-state index contributed by atoms with van der Waals surface area (Å²) < 4.78 is 41.1. The van der Waals surface area contributed by atoms with Crippen LogP contribution >= 0.6 is 11.8 Å². The van der Waals surface area contributed by atoms with Gasteiger partial charge in [0.1, 0.15) is 0 Å². The number of nitrogens with one attached hydrogen (secondary N) is 1. The summed E-state index contributed by atoms with van der Waals surface area (Å²) in [6.07, 6.45) is 6.83. The summed E-state index contributed by atoms with van der Waals surface area (Å²) in [5.41, 5.74) is 2.54. The Morgan fingerprint density at radius 3 is 2.37 bits per heavy atom. The molecule has 2 N–H and O–H groups in total. The van der Waals surface area contributed by atoms with Crippen LogP contribution in [-0.2, 0) is 20.9 Å². The summed E-state index contributed by atoms with van der Waals surface area (Å²) in [5.74, 6) is 0. The van der Waals surface area contributed by atoms with Crippen molar-refractivity contribution < 1.29 is 17.2 Å². The molecule has 2 aliphatic rings. The average molecular weight is 531 g/mol. The number of hydrogen-bond acceptors (Lipinski definition) is 6. The van der Waals surface area contributed by atoms with Crippen LogP contribution in [0.5, 0.6) is 0 Å². The average Bonchev–Trinajstić information content (AvgIpc) is 2.87. The van der Waals surface area contributed by atoms with Gasteiger partial charge in [0, 0.05) is 44.3 Å². The number of fused-ring (bicyclic) bond motifs is 2. The Balaban J connectivity index is 0.000000243. The van der Waals surface area contributed by atoms with Crippen LogP contribution in [0.15, 0.2) is 92.4 Å². The Hall–Kier alpha value is -2.17. The molecule has 2 aliphatic heterocycles. The van der Waals surface area contributed by atoms with E-state index in [1.807, 2.05) is 6.07 Å². The minimum Gasteiger partial charge on any atom is -0.340 e. The summed E-state index contributed by atoms with van der Waals surface area (Å²) >= 11 is 1.79. The Bertz CT molecular complexity index is 1280. The van der Waals surface area contributed by atoms with Crippen molar-refractivity contribution in [3.63, 3.8) is 0 Å². The molecule has 0 aromatic heterocycles. The number of nitrogens with zero attached hydrogens (tertiary/aromatic N) is 1. The van der Waals surface area contributed by atoms with Gasteiger partial charge in [-0.05, 0) is 68.3 Å². The van der Waals surface area contributed by atoms with Crippen molar-refractivity contribution in [2.75, 3.05) is 24.2 Å². The lowest BCUT2D eigenvalue weighted by atomic mass is 10.0. The second-order valence-corrected chi connectivity index (χ2v) is 12.4. The monoisotopic (exact) mass is 530 g/mol. The van der Waals surface area contributed by atoms with Gasteiger partial charge in [0.25, 0.3) is 10.1 Å². The fourth-order valence-corrected chi connectivity index (χ4v) is 6.54. The maximum absolute atomic E-state index is 11.9. The van der Waals surface area contributed by atoms with Crippen LogP contribution < -0.4 is 10.2 Å². The molecule has 0 aliphatic carbocycles. The van der Waals surface area contributed by atoms with E-state index >= 15 is 0 Å². The molecular formula is C26H30N2O4S3. The lowest BCUT2D eigenvalue weighted by molar-refractivity contribution is 0.385. The lowest BCUT2D eigenvalue weighted by Crippen LogP contribution is -2.37. The zero-order valence-corrected chi connectivity index (χ0v) is 22.0. The second kappa shape index (κ2) is 11.7. The van der Waals surface area contributed by atoms with E-state index in [4.69, 9.17) is 4.55 Å². The third-order valence-electron chi connectivity index (χ3n) is 6.08. The first-order valence-electron chi connectivity index (χ1n) is 11.6. The topological polar surface area (TPSA) is 86.7 Å². The Kier molecular flexibility index (Phi) is 8.67. The summed E-state index contributed by atoms with van der Waals surface area (Å²) in [6, 6.07) is 22.9. The molecule has 1 saturated heterocycles. The maximum atomic E-state index is 11.9. The standard InChI is InChI=1S/C20H24N2OS2.C6H6O3S/c1-25(23)16-9-10-18-20(14-16)24-19-8-3-2-7-17(19)22(18)13-11-15-6-4-5-12-21-15;7-10(8,9)6-4-2-1-3-5-6/h2-3,7-10,14-15,21H,4-6,11-13H2,1H3;1-5H,(H,7,8,9). The van der Waals surface area contributed by atoms with Crippen molar-refractivity contribution >= 4 is 44.1 Å². The van der Waals surface area contributed by atoms with Crippen LogP contribution in [0.25, 0.3) is 0 Å². The zero-order valence-electron chi connectivity index (χ0n) is 19.6. The van der Waals surface area contributed by atoms with Crippen LogP contribution in [0.1, 0.15) is 25.7 Å². The van der Waals surface area contributed by atoms with Crippen LogP contribution in [0, 0.1) is 0 Å². The third-order valence-corrected chi connectivity index (χ3v) is 8.98. The normalized spacial score (nSPS) is 18.0. The molecule has 5 rings (SSSR count). The highest BCUT2D eigenvalue weighted by Gasteiger charge is 2.24. The van der Waals surface area contributed by atoms with Crippen LogP contribution in [-0.4, -0.2) is 42.6 Å². The van der Waals surface area contributed by atoms with Gasteiger partial charge in [-0.1, -0.05) is 48.5 Å². The van der Waals surface area contributed by atoms with E-state index in [-0.39, 0.29) is 4.90 Å². The van der Waals surface area contributed by atoms with E-state index in [2.05, 4.69) is 46.6 Å². The van der Waals surface area contributed by atoms with Crippen molar-refractivity contribution in [2.45, 2.75) is 51.3 Å². The maximum Gasteiger partial charge on any atom is 0.294 e. The molecule has 35 heavy (non-hydrogen) atoms. The van der Waals surface area contributed by atoms with Crippen LogP contribution in [0.3, 0.4) is 0 Å². The fraction of sp³-hybridized carbons (Fsp3) is 0.308. The first kappa shape index (κ1) is 25.9. The van der Waals surface area contributed by atoms with Crippen LogP contribution in [0.2, 0.25) is 0 Å². The van der Waals surface area contributed by atoms with E-state index in [0.717, 1.165) is 24.4 Å². The third kappa shape index (κ3) is 6.74. The number of anilines is 2. The molecule has 2 unspecified atom stereocenters. The first-order valence-corrected chi connectivity index (χ1v) is 15.4. The molecule has 0 saturated carbocycles. The van der Waals surface area contributed by atoms with Crippen molar-refractivity contribution in [2.24, 2.45) is 0 Å². The van der Waals surface area contributed by atoms with Gasteiger partial charge in [-0.2, -0.15) is 8.42 Å². The molecule has 3 aromatic rings. The van der Waals surface area contributed by atoms with Gasteiger partial charge in [0.15, 0.2) is 0 Å². The molecule has 186 valence electrons. The second-order valence-electron chi connectivity index (χ2n) is 8.53. The number of para-hydroxylation sites is 1. The number of hydrogen-bond donors (Lipinski definition) is 2. The highest BCUT2D eigenvalue weighted by Crippen LogP contribution is 2.48. The molecule has 0 radical (unpaired) electrons. The molecule has 0 amide bonds. The summed E-state index contributed by atoms with van der Waals surface area (Å²) in [7, 11) is -4.95. The molecule has 0 spiro atoms. The van der Waals surface area contributed by atoms with Gasteiger partial charge in [-0.15, -0.1) is 0 Å². The Labute approximate surface area is 214 Å². The fourth-order valence-electron chi connectivity index (χ4n) is 4.28. The van der Waals surface area contributed by atoms with Crippen LogP contribution in [0.4, 0.5) is 11.4 Å². The number of piperidine rings is 1. The molecular weight excluding hydrogens is 500 g/mol. The largest absolute Gasteiger partial charge is 0.340 e. The smallest absolute Gasteiger partial charge is 0.294 e. The van der Waals surface area contributed by atoms with Gasteiger partial charge in [0.05, 0.1) is 16.3 Å². The quantitative estimate of drug-likeness (QED) is 0.422. The van der Waals surface area contributed by atoms with Crippen molar-refractivity contribution in [3.05, 3.63) is 72.8 Å². The predicted molar refractivity (Wildman–Crippen MR) is 143 cm³/mol. The Morgan fingerprint density at radius 2 is 1.71 bits per heavy atom. The van der Waals surface area contributed by atoms with Gasteiger partial charge in [-0.25, -0.2) is 0 Å². The van der Waals surface area contributed by atoms with E-state index in [0.29, 0.717) is 6.04 Å². The molecule has 9 heteroatoms. The molecule has 3 aromatic carbocycles. The van der Waals surface area contributed by atoms with Gasteiger partial charge < -0.3 is 10.2 Å². The predicted octanol–water partition coefficient (Wildman–Crippen LogP) is 5.49. The molecule has 0 bridgehead atoms. The minimum absolute atomic E-state index is 0.0741. The molecule has 2 atom stereocenters. The SMILES string of the molecule is CS(=O)c1ccc2c(c1)Sc1ccccc1N2CCC1CCCCN1.O=S(=O)(O)c1ccccc1. The van der Waals surface area contributed by atoms with E-state index < -0.39 is 20.9 Å². The van der Waals surface area contributed by atoms with Gasteiger partial charge in [0.2, 0.25) is 0 Å². The first-order chi connectivity index (χ1) is 16.8. The van der Waals surface area contributed by atoms with Gasteiger partial charge in [-0.3, -0.25) is 8.76 Å². The lowest BCUT2D eigenvalue weighted by Gasteiger charge is -2.34. The summed E-state index contributed by atoms with van der Waals surface area (Å²) in [6.45, 7) is 2.16. The highest BCUT2D eigenvalue weighted by atomic mass is 32.2. The molecule has 6 nitrogen and oxygen atoms in total. The van der Waals surface area contributed by atoms with Crippen molar-refractivity contribution in [3.8, 4) is 0 Å². The number of rotatable bonds is 5. The summed E-state index contributed by atoms with van der Waals surface area (Å²) in [5, 5.41) is 3.66. The Morgan fingerprint density at radius 1 is 1.00 bits per heavy atom. The van der Waals surface area contributed by atoms with E-state index in [1.165, 1.54) is 52.6 Å². The molecule has 2 heterocycles. The molecule has 1 fully saturated rings. The van der Waals surface area contributed by atoms with Crippen molar-refractivity contribution in [1.82, 2.24) is 5.32 Å². The van der Waals surface area contributed by atoms with E-state index in [9.17, 15) is 12.6 Å². The zero-order chi connectivity index (χ0) is 24.8. The van der Waals surface area contributed by atoms with Crippen molar-refractivity contribution in [1.29, 1.82) is 0 Å². The minimum atomic E-state index is -4.00. The van der Waals surface area contributed by atoms with E-state index in [1.54, 1.807) is 36.2 Å².